The molecule has 0 saturated carbocycles. The van der Waals surface area contributed by atoms with Gasteiger partial charge < -0.3 is 5.11 Å². The van der Waals surface area contributed by atoms with E-state index in [0.29, 0.717) is 6.29 Å². The first-order chi connectivity index (χ1) is 6.19. The Balaban J connectivity index is 3.13. The van der Waals surface area contributed by atoms with Crippen molar-refractivity contribution in [2.75, 3.05) is 0 Å². The molecule has 0 unspecified atom stereocenters. The standard InChI is InChI=1S/C8H8N2O3/c9-10-8(13)5-1-2-7(12)6(3-5)4-11/h1-4,12H,9H2,(H,10,13). The molecule has 1 amide bonds. The molecule has 0 spiro atoms. The Hall–Kier alpha value is -1.88. The smallest absolute Gasteiger partial charge is 0.265 e. The molecule has 5 heteroatoms. The molecule has 0 aliphatic heterocycles. The maximum atomic E-state index is 11.0. The van der Waals surface area contributed by atoms with E-state index < -0.39 is 5.91 Å². The van der Waals surface area contributed by atoms with Gasteiger partial charge in [0.1, 0.15) is 5.75 Å². The zero-order valence-electron chi connectivity index (χ0n) is 6.65. The van der Waals surface area contributed by atoms with E-state index in [0.717, 1.165) is 0 Å². The van der Waals surface area contributed by atoms with Crippen LogP contribution in [0.1, 0.15) is 20.7 Å². The van der Waals surface area contributed by atoms with E-state index in [-0.39, 0.29) is 16.9 Å². The summed E-state index contributed by atoms with van der Waals surface area (Å²) in [5, 5.41) is 9.10. The number of nitrogens with two attached hydrogens (primary N) is 1. The molecular weight excluding hydrogens is 172 g/mol. The van der Waals surface area contributed by atoms with Crippen LogP contribution in [0, 0.1) is 0 Å². The predicted octanol–water partition coefficient (Wildman–Crippen LogP) is -0.192. The lowest BCUT2D eigenvalue weighted by Crippen LogP contribution is -2.29. The molecule has 5 nitrogen and oxygen atoms in total. The highest BCUT2D eigenvalue weighted by atomic mass is 16.3. The summed E-state index contributed by atoms with van der Waals surface area (Å²) < 4.78 is 0. The summed E-state index contributed by atoms with van der Waals surface area (Å²) >= 11 is 0. The highest BCUT2D eigenvalue weighted by molar-refractivity contribution is 5.96. The number of rotatable bonds is 2. The molecule has 1 aromatic rings. The van der Waals surface area contributed by atoms with Crippen LogP contribution in [0.2, 0.25) is 0 Å². The van der Waals surface area contributed by atoms with Gasteiger partial charge in [-0.15, -0.1) is 0 Å². The number of hydrogen-bond acceptors (Lipinski definition) is 4. The maximum absolute atomic E-state index is 11.0. The third-order valence-electron chi connectivity index (χ3n) is 1.55. The average Bonchev–Trinajstić information content (AvgIpc) is 2.17. The third-order valence-corrected chi connectivity index (χ3v) is 1.55. The molecule has 0 aliphatic carbocycles. The molecule has 0 saturated heterocycles. The van der Waals surface area contributed by atoms with Gasteiger partial charge in [0.25, 0.3) is 5.91 Å². The Bertz CT molecular complexity index is 349. The van der Waals surface area contributed by atoms with E-state index in [4.69, 9.17) is 10.9 Å². The van der Waals surface area contributed by atoms with Gasteiger partial charge in [0.15, 0.2) is 6.29 Å². The van der Waals surface area contributed by atoms with Gasteiger partial charge in [0.05, 0.1) is 5.56 Å². The number of amides is 1. The minimum Gasteiger partial charge on any atom is -0.507 e. The maximum Gasteiger partial charge on any atom is 0.265 e. The van der Waals surface area contributed by atoms with Gasteiger partial charge in [-0.1, -0.05) is 0 Å². The number of hydrazine groups is 1. The molecule has 1 aromatic carbocycles. The summed E-state index contributed by atoms with van der Waals surface area (Å²) in [6.07, 6.45) is 0.461. The lowest BCUT2D eigenvalue weighted by atomic mass is 10.1. The first kappa shape index (κ1) is 9.21. The molecule has 1 rings (SSSR count). The topological polar surface area (TPSA) is 92.4 Å². The number of aldehydes is 1. The highest BCUT2D eigenvalue weighted by Gasteiger charge is 2.06. The van der Waals surface area contributed by atoms with E-state index in [1.807, 2.05) is 5.43 Å². The van der Waals surface area contributed by atoms with Crippen molar-refractivity contribution in [2.24, 2.45) is 5.84 Å². The lowest BCUT2D eigenvalue weighted by molar-refractivity contribution is 0.0953. The quantitative estimate of drug-likeness (QED) is 0.254. The summed E-state index contributed by atoms with van der Waals surface area (Å²) in [6.45, 7) is 0. The SMILES string of the molecule is NNC(=O)c1ccc(O)c(C=O)c1. The summed E-state index contributed by atoms with van der Waals surface area (Å²) in [7, 11) is 0. The molecule has 0 atom stereocenters. The van der Waals surface area contributed by atoms with Crippen molar-refractivity contribution in [3.63, 3.8) is 0 Å². The number of aromatic hydroxyl groups is 1. The van der Waals surface area contributed by atoms with Crippen LogP contribution in [0.25, 0.3) is 0 Å². The van der Waals surface area contributed by atoms with Crippen molar-refractivity contribution < 1.29 is 14.7 Å². The number of carbonyl (C=O) groups excluding carboxylic acids is 2. The van der Waals surface area contributed by atoms with Gasteiger partial charge in [-0.3, -0.25) is 15.0 Å². The van der Waals surface area contributed by atoms with Crippen molar-refractivity contribution in [2.45, 2.75) is 0 Å². The molecular formula is C8H8N2O3. The number of phenols is 1. The van der Waals surface area contributed by atoms with Crippen LogP contribution in [-0.4, -0.2) is 17.3 Å². The van der Waals surface area contributed by atoms with Gasteiger partial charge in [0, 0.05) is 5.56 Å². The van der Waals surface area contributed by atoms with Crippen molar-refractivity contribution in [3.05, 3.63) is 29.3 Å². The molecule has 68 valence electrons. The lowest BCUT2D eigenvalue weighted by Gasteiger charge is -2.01. The Labute approximate surface area is 74.1 Å². The van der Waals surface area contributed by atoms with Gasteiger partial charge in [-0.2, -0.15) is 0 Å². The molecule has 0 bridgehead atoms. The Morgan fingerprint density at radius 2 is 2.23 bits per heavy atom. The largest absolute Gasteiger partial charge is 0.507 e. The van der Waals surface area contributed by atoms with Crippen LogP contribution in [0.4, 0.5) is 0 Å². The monoisotopic (exact) mass is 180 g/mol. The van der Waals surface area contributed by atoms with Gasteiger partial charge in [-0.25, -0.2) is 5.84 Å². The van der Waals surface area contributed by atoms with E-state index in [2.05, 4.69) is 0 Å². The average molecular weight is 180 g/mol. The van der Waals surface area contributed by atoms with Crippen LogP contribution < -0.4 is 11.3 Å². The van der Waals surface area contributed by atoms with Gasteiger partial charge >= 0.3 is 0 Å². The van der Waals surface area contributed by atoms with Crippen LogP contribution >= 0.6 is 0 Å². The second-order valence-corrected chi connectivity index (χ2v) is 2.36. The fourth-order valence-corrected chi connectivity index (χ4v) is 0.873. The zero-order valence-corrected chi connectivity index (χ0v) is 6.65. The number of nitrogen functional groups attached to an aromatic ring is 1. The van der Waals surface area contributed by atoms with Gasteiger partial charge in [0.2, 0.25) is 0 Å². The van der Waals surface area contributed by atoms with E-state index in [9.17, 15) is 9.59 Å². The Morgan fingerprint density at radius 1 is 1.54 bits per heavy atom. The predicted molar refractivity (Wildman–Crippen MR) is 45.1 cm³/mol. The van der Waals surface area contributed by atoms with Crippen LogP contribution in [0.5, 0.6) is 5.75 Å². The molecule has 0 fully saturated rings. The number of nitrogens with one attached hydrogen (secondary N) is 1. The Morgan fingerprint density at radius 3 is 2.77 bits per heavy atom. The van der Waals surface area contributed by atoms with Gasteiger partial charge in [-0.05, 0) is 18.2 Å². The van der Waals surface area contributed by atoms with Crippen molar-refractivity contribution in [3.8, 4) is 5.75 Å². The fraction of sp³-hybridized carbons (Fsp3) is 0. The highest BCUT2D eigenvalue weighted by Crippen LogP contribution is 2.15. The summed E-state index contributed by atoms with van der Waals surface area (Å²) in [5.41, 5.74) is 2.20. The van der Waals surface area contributed by atoms with Crippen molar-refractivity contribution in [1.29, 1.82) is 0 Å². The molecule has 0 heterocycles. The van der Waals surface area contributed by atoms with Crippen molar-refractivity contribution >= 4 is 12.2 Å². The number of phenolic OH excluding ortho intramolecular Hbond substituents is 1. The number of carbonyl (C=O) groups is 2. The summed E-state index contributed by atoms with van der Waals surface area (Å²) in [6, 6.07) is 3.88. The normalized spacial score (nSPS) is 9.31. The summed E-state index contributed by atoms with van der Waals surface area (Å²) in [4.78, 5) is 21.3. The fourth-order valence-electron chi connectivity index (χ4n) is 0.873. The van der Waals surface area contributed by atoms with Crippen LogP contribution in [0.3, 0.4) is 0 Å². The minimum atomic E-state index is -0.511. The Kier molecular flexibility index (Phi) is 2.61. The summed E-state index contributed by atoms with van der Waals surface area (Å²) in [5.74, 6) is 4.21. The van der Waals surface area contributed by atoms with E-state index >= 15 is 0 Å². The minimum absolute atomic E-state index is 0.0566. The second-order valence-electron chi connectivity index (χ2n) is 2.36. The molecule has 0 radical (unpaired) electrons. The first-order valence-corrected chi connectivity index (χ1v) is 3.48. The number of benzene rings is 1. The van der Waals surface area contributed by atoms with E-state index in [1.54, 1.807) is 0 Å². The molecule has 0 aliphatic rings. The van der Waals surface area contributed by atoms with E-state index in [1.165, 1.54) is 18.2 Å². The molecule has 13 heavy (non-hydrogen) atoms. The van der Waals surface area contributed by atoms with Crippen LogP contribution in [-0.2, 0) is 0 Å². The molecule has 0 aromatic heterocycles. The zero-order chi connectivity index (χ0) is 9.84. The first-order valence-electron chi connectivity index (χ1n) is 3.48. The molecule has 4 N–H and O–H groups in total. The number of hydrogen-bond donors (Lipinski definition) is 3. The van der Waals surface area contributed by atoms with Crippen molar-refractivity contribution in [1.82, 2.24) is 5.43 Å². The van der Waals surface area contributed by atoms with Crippen LogP contribution in [0.15, 0.2) is 18.2 Å². The third kappa shape index (κ3) is 1.83. The second kappa shape index (κ2) is 3.68.